The van der Waals surface area contributed by atoms with Crippen LogP contribution in [-0.4, -0.2) is 11.1 Å². The number of rotatable bonds is 7. The van der Waals surface area contributed by atoms with Gasteiger partial charge in [-0.25, -0.2) is 0 Å². The second-order valence-corrected chi connectivity index (χ2v) is 4.42. The van der Waals surface area contributed by atoms with Gasteiger partial charge in [-0.3, -0.25) is 4.79 Å². The predicted octanol–water partition coefficient (Wildman–Crippen LogP) is 3.51. The van der Waals surface area contributed by atoms with Crippen LogP contribution < -0.4 is 0 Å². The summed E-state index contributed by atoms with van der Waals surface area (Å²) in [4.78, 5) is 10.4. The summed E-state index contributed by atoms with van der Waals surface area (Å²) in [5.41, 5.74) is 1.37. The molecule has 0 radical (unpaired) electrons. The zero-order chi connectivity index (χ0) is 11.8. The molecule has 0 heterocycles. The number of aliphatic carboxylic acids is 1. The lowest BCUT2D eigenvalue weighted by molar-refractivity contribution is -0.137. The van der Waals surface area contributed by atoms with Crippen molar-refractivity contribution in [2.24, 2.45) is 5.92 Å². The van der Waals surface area contributed by atoms with E-state index in [1.54, 1.807) is 0 Å². The number of hydrogen-bond donors (Lipinski definition) is 1. The summed E-state index contributed by atoms with van der Waals surface area (Å²) >= 11 is 0. The molecular formula is C14H20O2. The fourth-order valence-electron chi connectivity index (χ4n) is 1.80. The smallest absolute Gasteiger partial charge is 0.303 e. The molecule has 0 fully saturated rings. The van der Waals surface area contributed by atoms with Crippen LogP contribution in [0.3, 0.4) is 0 Å². The molecule has 0 amide bonds. The monoisotopic (exact) mass is 220 g/mol. The minimum Gasteiger partial charge on any atom is -0.481 e. The molecule has 0 bridgehead atoms. The van der Waals surface area contributed by atoms with Crippen LogP contribution in [-0.2, 0) is 11.2 Å². The van der Waals surface area contributed by atoms with Gasteiger partial charge in [0.25, 0.3) is 0 Å². The summed E-state index contributed by atoms with van der Waals surface area (Å²) < 4.78 is 0. The first-order valence-corrected chi connectivity index (χ1v) is 5.94. The normalized spacial score (nSPS) is 12.3. The molecule has 2 nitrogen and oxygen atoms in total. The van der Waals surface area contributed by atoms with Gasteiger partial charge < -0.3 is 5.11 Å². The van der Waals surface area contributed by atoms with Crippen LogP contribution in [0.1, 0.15) is 38.2 Å². The fraction of sp³-hybridized carbons (Fsp3) is 0.500. The van der Waals surface area contributed by atoms with E-state index in [-0.39, 0.29) is 0 Å². The lowest BCUT2D eigenvalue weighted by Gasteiger charge is -2.10. The maximum atomic E-state index is 10.4. The molecule has 16 heavy (non-hydrogen) atoms. The first kappa shape index (κ1) is 12.8. The van der Waals surface area contributed by atoms with Crippen LogP contribution >= 0.6 is 0 Å². The van der Waals surface area contributed by atoms with Gasteiger partial charge in [-0.15, -0.1) is 0 Å². The molecule has 1 aromatic carbocycles. The van der Waals surface area contributed by atoms with E-state index < -0.39 is 5.97 Å². The van der Waals surface area contributed by atoms with Crippen LogP contribution in [0.25, 0.3) is 0 Å². The van der Waals surface area contributed by atoms with Gasteiger partial charge in [-0.05, 0) is 30.7 Å². The summed E-state index contributed by atoms with van der Waals surface area (Å²) in [6.07, 6.45) is 4.35. The van der Waals surface area contributed by atoms with Gasteiger partial charge >= 0.3 is 5.97 Å². The molecule has 2 heteroatoms. The van der Waals surface area contributed by atoms with Gasteiger partial charge in [0, 0.05) is 6.42 Å². The predicted molar refractivity (Wildman–Crippen MR) is 65.4 cm³/mol. The Labute approximate surface area is 97.3 Å². The second-order valence-electron chi connectivity index (χ2n) is 4.42. The van der Waals surface area contributed by atoms with E-state index in [9.17, 15) is 4.79 Å². The van der Waals surface area contributed by atoms with E-state index in [4.69, 9.17) is 5.11 Å². The van der Waals surface area contributed by atoms with E-state index in [2.05, 4.69) is 31.2 Å². The first-order valence-electron chi connectivity index (χ1n) is 5.94. The zero-order valence-electron chi connectivity index (χ0n) is 9.86. The molecule has 0 unspecified atom stereocenters. The number of carboxylic acids is 1. The van der Waals surface area contributed by atoms with Gasteiger partial charge in [0.1, 0.15) is 0 Å². The first-order chi connectivity index (χ1) is 7.68. The molecule has 0 aliphatic rings. The van der Waals surface area contributed by atoms with Gasteiger partial charge in [0.15, 0.2) is 0 Å². The molecule has 0 aliphatic heterocycles. The Kier molecular flexibility index (Phi) is 5.62. The highest BCUT2D eigenvalue weighted by Crippen LogP contribution is 2.15. The Morgan fingerprint density at radius 2 is 1.94 bits per heavy atom. The van der Waals surface area contributed by atoms with Crippen molar-refractivity contribution in [2.45, 2.75) is 39.0 Å². The summed E-state index contributed by atoms with van der Waals surface area (Å²) in [6, 6.07) is 10.4. The summed E-state index contributed by atoms with van der Waals surface area (Å²) in [5, 5.41) is 8.53. The Morgan fingerprint density at radius 1 is 1.25 bits per heavy atom. The standard InChI is InChI=1S/C14H20O2/c1-12(6-5-9-14(15)16)10-11-13-7-3-2-4-8-13/h2-4,7-8,12H,5-6,9-11H2,1H3,(H,15,16)/t12-/m0/s1. The fourth-order valence-corrected chi connectivity index (χ4v) is 1.80. The van der Waals surface area contributed by atoms with Crippen molar-refractivity contribution in [3.8, 4) is 0 Å². The Bertz CT molecular complexity index is 306. The largest absolute Gasteiger partial charge is 0.481 e. The third kappa shape index (κ3) is 5.54. The molecule has 1 aromatic rings. The van der Waals surface area contributed by atoms with Gasteiger partial charge in [-0.1, -0.05) is 43.7 Å². The van der Waals surface area contributed by atoms with Crippen molar-refractivity contribution in [3.05, 3.63) is 35.9 Å². The van der Waals surface area contributed by atoms with Crippen LogP contribution in [0.4, 0.5) is 0 Å². The molecule has 88 valence electrons. The van der Waals surface area contributed by atoms with Crippen molar-refractivity contribution < 1.29 is 9.90 Å². The third-order valence-electron chi connectivity index (χ3n) is 2.86. The number of carbonyl (C=O) groups is 1. The average molecular weight is 220 g/mol. The summed E-state index contributed by atoms with van der Waals surface area (Å²) in [7, 11) is 0. The quantitative estimate of drug-likeness (QED) is 0.763. The molecule has 0 aromatic heterocycles. The minimum atomic E-state index is -0.685. The highest BCUT2D eigenvalue weighted by Gasteiger charge is 2.04. The van der Waals surface area contributed by atoms with Crippen molar-refractivity contribution in [1.82, 2.24) is 0 Å². The summed E-state index contributed by atoms with van der Waals surface area (Å²) in [6.45, 7) is 2.20. The Balaban J connectivity index is 2.15. The van der Waals surface area contributed by atoms with Crippen LogP contribution in [0.5, 0.6) is 0 Å². The lowest BCUT2D eigenvalue weighted by Crippen LogP contribution is -2.00. The second kappa shape index (κ2) is 7.04. The van der Waals surface area contributed by atoms with E-state index >= 15 is 0 Å². The lowest BCUT2D eigenvalue weighted by atomic mass is 9.96. The molecule has 1 rings (SSSR count). The minimum absolute atomic E-state index is 0.301. The SMILES string of the molecule is C[C@@H](CCCC(=O)O)CCc1ccccc1. The summed E-state index contributed by atoms with van der Waals surface area (Å²) in [5.74, 6) is -0.0742. The van der Waals surface area contributed by atoms with Gasteiger partial charge in [0.05, 0.1) is 0 Å². The van der Waals surface area contributed by atoms with Gasteiger partial charge in [-0.2, -0.15) is 0 Å². The molecule has 1 atom stereocenters. The number of benzene rings is 1. The van der Waals surface area contributed by atoms with E-state index in [1.165, 1.54) is 5.56 Å². The van der Waals surface area contributed by atoms with Crippen molar-refractivity contribution in [1.29, 1.82) is 0 Å². The van der Waals surface area contributed by atoms with E-state index in [0.717, 1.165) is 25.7 Å². The van der Waals surface area contributed by atoms with Crippen molar-refractivity contribution in [2.75, 3.05) is 0 Å². The number of hydrogen-bond acceptors (Lipinski definition) is 1. The molecular weight excluding hydrogens is 200 g/mol. The van der Waals surface area contributed by atoms with Crippen LogP contribution in [0.15, 0.2) is 30.3 Å². The molecule has 0 saturated heterocycles. The average Bonchev–Trinajstić information content (AvgIpc) is 2.27. The van der Waals surface area contributed by atoms with E-state index in [1.807, 2.05) is 6.07 Å². The topological polar surface area (TPSA) is 37.3 Å². The highest BCUT2D eigenvalue weighted by atomic mass is 16.4. The van der Waals surface area contributed by atoms with Crippen LogP contribution in [0.2, 0.25) is 0 Å². The molecule has 1 N–H and O–H groups in total. The van der Waals surface area contributed by atoms with Gasteiger partial charge in [0.2, 0.25) is 0 Å². The molecule has 0 saturated carbocycles. The van der Waals surface area contributed by atoms with Crippen molar-refractivity contribution >= 4 is 5.97 Å². The zero-order valence-corrected chi connectivity index (χ0v) is 9.86. The Hall–Kier alpha value is -1.31. The highest BCUT2D eigenvalue weighted by molar-refractivity contribution is 5.66. The maximum absolute atomic E-state index is 10.4. The number of carboxylic acid groups (broad SMARTS) is 1. The van der Waals surface area contributed by atoms with Crippen LogP contribution in [0, 0.1) is 5.92 Å². The molecule has 0 aliphatic carbocycles. The van der Waals surface area contributed by atoms with E-state index in [0.29, 0.717) is 12.3 Å². The third-order valence-corrected chi connectivity index (χ3v) is 2.86. The Morgan fingerprint density at radius 3 is 2.56 bits per heavy atom. The maximum Gasteiger partial charge on any atom is 0.303 e. The number of aryl methyl sites for hydroxylation is 1. The molecule has 0 spiro atoms. The van der Waals surface area contributed by atoms with Crippen molar-refractivity contribution in [3.63, 3.8) is 0 Å².